The van der Waals surface area contributed by atoms with Gasteiger partial charge in [0.05, 0.1) is 12.7 Å². The van der Waals surface area contributed by atoms with Crippen molar-refractivity contribution < 1.29 is 19.1 Å². The smallest absolute Gasteiger partial charge is 0.259 e. The van der Waals surface area contributed by atoms with Gasteiger partial charge in [-0.25, -0.2) is 9.40 Å². The normalized spacial score (nSPS) is 17.7. The van der Waals surface area contributed by atoms with Gasteiger partial charge >= 0.3 is 0 Å². The molecule has 1 aliphatic rings. The molecule has 3 rings (SSSR count). The SMILES string of the molecule is CC(N)CN1CN(NC(=O)C(CCCCN)CCCc2ccc(F)cc2)C(=O)[C@H]1Cc1ccc(O)cc1. The van der Waals surface area contributed by atoms with E-state index in [1.807, 2.05) is 11.8 Å². The molecule has 0 bridgehead atoms. The van der Waals surface area contributed by atoms with E-state index < -0.39 is 6.04 Å². The first kappa shape index (κ1) is 28.6. The number of aromatic hydroxyl groups is 1. The molecule has 2 aromatic rings. The summed E-state index contributed by atoms with van der Waals surface area (Å²) in [6.45, 7) is 3.23. The van der Waals surface area contributed by atoms with Crippen LogP contribution in [0.2, 0.25) is 0 Å². The molecule has 1 aliphatic heterocycles. The van der Waals surface area contributed by atoms with Crippen LogP contribution in [0.15, 0.2) is 48.5 Å². The zero-order chi connectivity index (χ0) is 26.8. The molecule has 37 heavy (non-hydrogen) atoms. The number of carbonyl (C=O) groups is 2. The summed E-state index contributed by atoms with van der Waals surface area (Å²) in [6, 6.07) is 12.6. The first-order chi connectivity index (χ1) is 17.8. The molecule has 0 aromatic heterocycles. The average Bonchev–Trinajstić information content (AvgIpc) is 3.13. The summed E-state index contributed by atoms with van der Waals surface area (Å²) in [5.74, 6) is -0.690. The number of rotatable bonds is 14. The Bertz CT molecular complexity index is 1000. The summed E-state index contributed by atoms with van der Waals surface area (Å²) in [6.07, 6.45) is 5.00. The largest absolute Gasteiger partial charge is 0.508 e. The van der Waals surface area contributed by atoms with Crippen molar-refractivity contribution in [1.29, 1.82) is 0 Å². The van der Waals surface area contributed by atoms with Crippen LogP contribution >= 0.6 is 0 Å². The van der Waals surface area contributed by atoms with Crippen LogP contribution in [0.1, 0.15) is 50.2 Å². The highest BCUT2D eigenvalue weighted by molar-refractivity contribution is 5.87. The van der Waals surface area contributed by atoms with Crippen LogP contribution in [-0.4, -0.2) is 58.7 Å². The number of hydrogen-bond donors (Lipinski definition) is 4. The Morgan fingerprint density at radius 2 is 1.73 bits per heavy atom. The molecule has 0 saturated carbocycles. The van der Waals surface area contributed by atoms with Gasteiger partial charge in [-0.15, -0.1) is 0 Å². The molecule has 6 N–H and O–H groups in total. The minimum atomic E-state index is -0.454. The lowest BCUT2D eigenvalue weighted by atomic mass is 9.94. The van der Waals surface area contributed by atoms with Crippen molar-refractivity contribution in [3.63, 3.8) is 0 Å². The monoisotopic (exact) mass is 513 g/mol. The van der Waals surface area contributed by atoms with Gasteiger partial charge in [-0.3, -0.25) is 19.9 Å². The van der Waals surface area contributed by atoms with Gasteiger partial charge in [0.15, 0.2) is 0 Å². The van der Waals surface area contributed by atoms with Crippen molar-refractivity contribution in [3.05, 3.63) is 65.5 Å². The zero-order valence-electron chi connectivity index (χ0n) is 21.6. The number of unbranched alkanes of at least 4 members (excludes halogenated alkanes) is 1. The van der Waals surface area contributed by atoms with Crippen molar-refractivity contribution in [3.8, 4) is 5.75 Å². The van der Waals surface area contributed by atoms with E-state index in [2.05, 4.69) is 5.43 Å². The van der Waals surface area contributed by atoms with E-state index in [0.717, 1.165) is 36.8 Å². The van der Waals surface area contributed by atoms with Gasteiger partial charge in [0.25, 0.3) is 5.91 Å². The highest BCUT2D eigenvalue weighted by Crippen LogP contribution is 2.22. The third kappa shape index (κ3) is 8.80. The summed E-state index contributed by atoms with van der Waals surface area (Å²) in [7, 11) is 0. The fraction of sp³-hybridized carbons (Fsp3) is 0.500. The lowest BCUT2D eigenvalue weighted by molar-refractivity contribution is -0.141. The number of aryl methyl sites for hydroxylation is 1. The Labute approximate surface area is 218 Å². The number of nitrogens with zero attached hydrogens (tertiary/aromatic N) is 2. The maximum absolute atomic E-state index is 13.3. The van der Waals surface area contributed by atoms with Gasteiger partial charge < -0.3 is 16.6 Å². The van der Waals surface area contributed by atoms with E-state index in [9.17, 15) is 19.1 Å². The topological polar surface area (TPSA) is 125 Å². The van der Waals surface area contributed by atoms with Gasteiger partial charge in [0, 0.05) is 18.5 Å². The van der Waals surface area contributed by atoms with Crippen LogP contribution in [0.5, 0.6) is 5.75 Å². The van der Waals surface area contributed by atoms with Crippen LogP contribution in [0, 0.1) is 11.7 Å². The Balaban J connectivity index is 1.63. The number of amides is 2. The second-order valence-electron chi connectivity index (χ2n) is 10.0. The quantitative estimate of drug-likeness (QED) is 0.288. The predicted molar refractivity (Wildman–Crippen MR) is 142 cm³/mol. The lowest BCUT2D eigenvalue weighted by Gasteiger charge is -2.24. The van der Waals surface area contributed by atoms with E-state index in [0.29, 0.717) is 32.4 Å². The van der Waals surface area contributed by atoms with Crippen LogP contribution in [0.3, 0.4) is 0 Å². The molecular formula is C28H40FN5O3. The summed E-state index contributed by atoms with van der Waals surface area (Å²) in [4.78, 5) is 28.6. The second-order valence-corrected chi connectivity index (χ2v) is 10.0. The number of nitrogens with two attached hydrogens (primary N) is 2. The molecule has 3 atom stereocenters. The number of halogens is 1. The van der Waals surface area contributed by atoms with Crippen molar-refractivity contribution in [1.82, 2.24) is 15.3 Å². The van der Waals surface area contributed by atoms with Crippen molar-refractivity contribution in [2.24, 2.45) is 17.4 Å². The number of hydrogen-bond acceptors (Lipinski definition) is 6. The molecule has 9 heteroatoms. The average molecular weight is 514 g/mol. The molecule has 2 amide bonds. The molecule has 1 heterocycles. The molecule has 202 valence electrons. The fourth-order valence-electron chi connectivity index (χ4n) is 4.77. The van der Waals surface area contributed by atoms with Crippen LogP contribution < -0.4 is 16.9 Å². The fourth-order valence-corrected chi connectivity index (χ4v) is 4.77. The number of nitrogens with one attached hydrogen (secondary N) is 1. The van der Waals surface area contributed by atoms with Crippen molar-refractivity contribution in [2.45, 2.75) is 64.0 Å². The van der Waals surface area contributed by atoms with Gasteiger partial charge in [-0.1, -0.05) is 30.7 Å². The molecule has 0 radical (unpaired) electrons. The molecule has 1 saturated heterocycles. The number of phenolic OH excluding ortho intramolecular Hbond substituents is 1. The van der Waals surface area contributed by atoms with E-state index >= 15 is 0 Å². The maximum atomic E-state index is 13.3. The van der Waals surface area contributed by atoms with Crippen molar-refractivity contribution in [2.75, 3.05) is 19.8 Å². The highest BCUT2D eigenvalue weighted by Gasteiger charge is 2.40. The lowest BCUT2D eigenvalue weighted by Crippen LogP contribution is -2.47. The highest BCUT2D eigenvalue weighted by atomic mass is 19.1. The Hall–Kier alpha value is -3.01. The van der Waals surface area contributed by atoms with Crippen LogP contribution in [0.25, 0.3) is 0 Å². The molecule has 8 nitrogen and oxygen atoms in total. The summed E-state index contributed by atoms with van der Waals surface area (Å²) >= 11 is 0. The van der Waals surface area contributed by atoms with Gasteiger partial charge in [0.2, 0.25) is 5.91 Å². The van der Waals surface area contributed by atoms with E-state index in [4.69, 9.17) is 11.5 Å². The minimum absolute atomic E-state index is 0.138. The van der Waals surface area contributed by atoms with Crippen LogP contribution in [0.4, 0.5) is 4.39 Å². The summed E-state index contributed by atoms with van der Waals surface area (Å²) < 4.78 is 13.2. The first-order valence-corrected chi connectivity index (χ1v) is 13.1. The minimum Gasteiger partial charge on any atom is -0.508 e. The summed E-state index contributed by atoms with van der Waals surface area (Å²) in [5, 5.41) is 11.0. The van der Waals surface area contributed by atoms with E-state index in [1.165, 1.54) is 17.1 Å². The van der Waals surface area contributed by atoms with Gasteiger partial charge in [-0.2, -0.15) is 0 Å². The number of hydrazine groups is 1. The van der Waals surface area contributed by atoms with E-state index in [-0.39, 0.29) is 42.0 Å². The second kappa shape index (κ2) is 14.1. The Morgan fingerprint density at radius 1 is 1.08 bits per heavy atom. The molecule has 1 fully saturated rings. The van der Waals surface area contributed by atoms with Gasteiger partial charge in [0.1, 0.15) is 11.6 Å². The Morgan fingerprint density at radius 3 is 2.38 bits per heavy atom. The third-order valence-electron chi connectivity index (χ3n) is 6.76. The Kier molecular flexibility index (Phi) is 10.9. The van der Waals surface area contributed by atoms with E-state index in [1.54, 1.807) is 36.4 Å². The number of carbonyl (C=O) groups excluding carboxylic acids is 2. The molecule has 2 aromatic carbocycles. The summed E-state index contributed by atoms with van der Waals surface area (Å²) in [5.41, 5.74) is 16.5. The van der Waals surface area contributed by atoms with Crippen molar-refractivity contribution >= 4 is 11.8 Å². The molecule has 0 aliphatic carbocycles. The maximum Gasteiger partial charge on any atom is 0.259 e. The number of phenols is 1. The molecule has 0 spiro atoms. The number of benzene rings is 2. The predicted octanol–water partition coefficient (Wildman–Crippen LogP) is 2.69. The van der Waals surface area contributed by atoms with Crippen LogP contribution in [-0.2, 0) is 22.4 Å². The molecule has 2 unspecified atom stereocenters. The standard InChI is InChI=1S/C28H40FN5O3/c1-20(31)18-33-19-34(28(37)26(33)17-22-10-14-25(35)15-11-22)32-27(36)23(6-2-3-16-30)7-4-5-21-8-12-24(29)13-9-21/h8-15,20,23,26,35H,2-7,16-19,30-31H2,1H3,(H,32,36)/t20?,23?,26-/m1/s1. The third-order valence-corrected chi connectivity index (χ3v) is 6.76. The molecular weight excluding hydrogens is 473 g/mol. The zero-order valence-corrected chi connectivity index (χ0v) is 21.6. The van der Waals surface area contributed by atoms with Gasteiger partial charge in [-0.05, 0) is 87.4 Å². The first-order valence-electron chi connectivity index (χ1n) is 13.1.